The summed E-state index contributed by atoms with van der Waals surface area (Å²) >= 11 is 0. The van der Waals surface area contributed by atoms with Crippen molar-refractivity contribution in [3.05, 3.63) is 71.2 Å². The molecular weight excluding hydrogens is 362 g/mol. The van der Waals surface area contributed by atoms with Crippen LogP contribution in [0.5, 0.6) is 0 Å². The minimum Gasteiger partial charge on any atom is -0.349 e. The predicted molar refractivity (Wildman–Crippen MR) is 112 cm³/mol. The zero-order valence-corrected chi connectivity index (χ0v) is 17.0. The van der Waals surface area contributed by atoms with E-state index in [1.807, 2.05) is 38.1 Å². The van der Waals surface area contributed by atoms with Crippen LogP contribution in [0.25, 0.3) is 0 Å². The molecule has 0 saturated carbocycles. The minimum absolute atomic E-state index is 0.00922. The molecule has 0 radical (unpaired) electrons. The summed E-state index contributed by atoms with van der Waals surface area (Å²) in [6.45, 7) is 6.75. The first kappa shape index (κ1) is 19.0. The standard InChI is InChI=1S/C23H25N5O/c1-16-11-19(12-17(2)25-16)21-8-10-27(15-23(3)9-7-22(29)26-23)28(21)20-6-4-5-18(13-20)14-24/h4-6,8,10-13,21H,7,9,15H2,1-3H3,(H,26,29). The number of carbonyl (C=O) groups is 1. The molecule has 0 spiro atoms. The van der Waals surface area contributed by atoms with E-state index >= 15 is 0 Å². The van der Waals surface area contributed by atoms with Crippen LogP contribution in [-0.2, 0) is 4.79 Å². The molecule has 1 amide bonds. The number of aromatic nitrogens is 1. The fourth-order valence-corrected chi connectivity index (χ4v) is 4.27. The van der Waals surface area contributed by atoms with Gasteiger partial charge in [0, 0.05) is 24.0 Å². The highest BCUT2D eigenvalue weighted by Gasteiger charge is 2.38. The van der Waals surface area contributed by atoms with E-state index in [4.69, 9.17) is 0 Å². The maximum Gasteiger partial charge on any atom is 0.220 e. The molecule has 1 saturated heterocycles. The van der Waals surface area contributed by atoms with Crippen molar-refractivity contribution in [2.45, 2.75) is 45.2 Å². The number of pyridine rings is 1. The molecule has 6 heteroatoms. The fraction of sp³-hybridized carbons (Fsp3) is 0.348. The Hall–Kier alpha value is -3.33. The second kappa shape index (κ2) is 7.25. The summed E-state index contributed by atoms with van der Waals surface area (Å²) in [5, 5.41) is 16.8. The van der Waals surface area contributed by atoms with Crippen LogP contribution < -0.4 is 10.3 Å². The lowest BCUT2D eigenvalue weighted by molar-refractivity contribution is -0.119. The monoisotopic (exact) mass is 387 g/mol. The summed E-state index contributed by atoms with van der Waals surface area (Å²) in [6.07, 6.45) is 5.60. The molecule has 1 aromatic carbocycles. The lowest BCUT2D eigenvalue weighted by atomic mass is 10.0. The maximum atomic E-state index is 11.8. The van der Waals surface area contributed by atoms with E-state index in [1.54, 1.807) is 0 Å². The van der Waals surface area contributed by atoms with Gasteiger partial charge in [0.25, 0.3) is 0 Å². The number of benzene rings is 1. The van der Waals surface area contributed by atoms with E-state index in [0.29, 0.717) is 18.5 Å². The first-order chi connectivity index (χ1) is 13.9. The molecule has 2 aromatic rings. The van der Waals surface area contributed by atoms with Gasteiger partial charge >= 0.3 is 0 Å². The van der Waals surface area contributed by atoms with E-state index in [-0.39, 0.29) is 17.5 Å². The smallest absolute Gasteiger partial charge is 0.220 e. The number of hydrogen-bond acceptors (Lipinski definition) is 5. The SMILES string of the molecule is Cc1cc(C2C=CN(CC3(C)CCC(=O)N3)N2c2cccc(C#N)c2)cc(C)n1. The average molecular weight is 387 g/mol. The van der Waals surface area contributed by atoms with Gasteiger partial charge in [0.1, 0.15) is 0 Å². The molecule has 4 rings (SSSR count). The molecule has 0 bridgehead atoms. The lowest BCUT2D eigenvalue weighted by Crippen LogP contribution is -2.51. The Morgan fingerprint density at radius 2 is 2.03 bits per heavy atom. The molecule has 2 unspecified atom stereocenters. The van der Waals surface area contributed by atoms with Crippen LogP contribution in [0, 0.1) is 25.2 Å². The average Bonchev–Trinajstić information content (AvgIpc) is 3.24. The summed E-state index contributed by atoms with van der Waals surface area (Å²) in [6, 6.07) is 14.1. The molecule has 1 N–H and O–H groups in total. The van der Waals surface area contributed by atoms with Crippen LogP contribution in [0.4, 0.5) is 5.69 Å². The molecule has 2 aliphatic rings. The Balaban J connectivity index is 1.72. The van der Waals surface area contributed by atoms with Crippen LogP contribution in [0.1, 0.15) is 48.3 Å². The zero-order valence-electron chi connectivity index (χ0n) is 17.0. The molecule has 148 valence electrons. The molecule has 3 heterocycles. The first-order valence-electron chi connectivity index (χ1n) is 9.87. The van der Waals surface area contributed by atoms with Crippen molar-refractivity contribution < 1.29 is 4.79 Å². The highest BCUT2D eigenvalue weighted by molar-refractivity contribution is 5.79. The van der Waals surface area contributed by atoms with Gasteiger partial charge in [0.15, 0.2) is 0 Å². The highest BCUT2D eigenvalue weighted by Crippen LogP contribution is 2.37. The number of hydrazine groups is 1. The summed E-state index contributed by atoms with van der Waals surface area (Å²) in [4.78, 5) is 16.3. The normalized spacial score (nSPS) is 23.4. The van der Waals surface area contributed by atoms with Crippen molar-refractivity contribution in [2.75, 3.05) is 11.6 Å². The Morgan fingerprint density at radius 3 is 2.69 bits per heavy atom. The van der Waals surface area contributed by atoms with E-state index in [0.717, 1.165) is 29.1 Å². The Labute approximate surface area is 171 Å². The van der Waals surface area contributed by atoms with Gasteiger partial charge in [0.2, 0.25) is 5.91 Å². The van der Waals surface area contributed by atoms with Crippen LogP contribution in [0.2, 0.25) is 0 Å². The second-order valence-corrected chi connectivity index (χ2v) is 8.18. The second-order valence-electron chi connectivity index (χ2n) is 8.18. The summed E-state index contributed by atoms with van der Waals surface area (Å²) in [5.74, 6) is 0.102. The van der Waals surface area contributed by atoms with Crippen molar-refractivity contribution in [1.29, 1.82) is 5.26 Å². The van der Waals surface area contributed by atoms with Gasteiger partial charge in [0.05, 0.1) is 35.4 Å². The summed E-state index contributed by atoms with van der Waals surface area (Å²) in [7, 11) is 0. The van der Waals surface area contributed by atoms with Gasteiger partial charge in [-0.1, -0.05) is 6.07 Å². The molecule has 6 nitrogen and oxygen atoms in total. The van der Waals surface area contributed by atoms with Gasteiger partial charge in [-0.05, 0) is 69.2 Å². The molecule has 0 aliphatic carbocycles. The van der Waals surface area contributed by atoms with E-state index in [1.165, 1.54) is 0 Å². The van der Waals surface area contributed by atoms with E-state index < -0.39 is 0 Å². The molecule has 1 fully saturated rings. The third kappa shape index (κ3) is 3.81. The lowest BCUT2D eigenvalue weighted by Gasteiger charge is -2.40. The first-order valence-corrected chi connectivity index (χ1v) is 9.87. The fourth-order valence-electron chi connectivity index (χ4n) is 4.27. The predicted octanol–water partition coefficient (Wildman–Crippen LogP) is 3.53. The van der Waals surface area contributed by atoms with Gasteiger partial charge in [-0.15, -0.1) is 0 Å². The van der Waals surface area contributed by atoms with E-state index in [9.17, 15) is 10.1 Å². The highest BCUT2D eigenvalue weighted by atomic mass is 16.2. The number of aryl methyl sites for hydroxylation is 2. The number of hydrogen-bond donors (Lipinski definition) is 1. The third-order valence-electron chi connectivity index (χ3n) is 5.52. The van der Waals surface area contributed by atoms with E-state index in [2.05, 4.69) is 57.7 Å². The Morgan fingerprint density at radius 1 is 1.28 bits per heavy atom. The van der Waals surface area contributed by atoms with Gasteiger partial charge in [-0.25, -0.2) is 0 Å². The number of rotatable bonds is 4. The van der Waals surface area contributed by atoms with Gasteiger partial charge in [-0.3, -0.25) is 19.8 Å². The zero-order chi connectivity index (χ0) is 20.6. The number of anilines is 1. The van der Waals surface area contributed by atoms with Crippen LogP contribution in [0.15, 0.2) is 48.7 Å². The van der Waals surface area contributed by atoms with Gasteiger partial charge < -0.3 is 5.32 Å². The number of nitrogens with zero attached hydrogens (tertiary/aromatic N) is 4. The Kier molecular flexibility index (Phi) is 4.75. The summed E-state index contributed by atoms with van der Waals surface area (Å²) in [5.41, 5.74) is 4.39. The quantitative estimate of drug-likeness (QED) is 0.869. The van der Waals surface area contributed by atoms with Crippen molar-refractivity contribution in [3.8, 4) is 6.07 Å². The van der Waals surface area contributed by atoms with Crippen molar-refractivity contribution in [3.63, 3.8) is 0 Å². The number of carbonyl (C=O) groups excluding carboxylic acids is 1. The molecule has 2 aliphatic heterocycles. The van der Waals surface area contributed by atoms with Crippen LogP contribution in [-0.4, -0.2) is 28.0 Å². The molecular formula is C23H25N5O. The van der Waals surface area contributed by atoms with Crippen LogP contribution in [0.3, 0.4) is 0 Å². The van der Waals surface area contributed by atoms with Crippen molar-refractivity contribution >= 4 is 11.6 Å². The number of nitrogens with one attached hydrogen (secondary N) is 1. The summed E-state index contributed by atoms with van der Waals surface area (Å²) < 4.78 is 0. The molecule has 1 aromatic heterocycles. The maximum absolute atomic E-state index is 11.8. The minimum atomic E-state index is -0.286. The topological polar surface area (TPSA) is 72.3 Å². The Bertz CT molecular complexity index is 1000. The molecule has 29 heavy (non-hydrogen) atoms. The van der Waals surface area contributed by atoms with Gasteiger partial charge in [-0.2, -0.15) is 5.26 Å². The van der Waals surface area contributed by atoms with Crippen molar-refractivity contribution in [2.24, 2.45) is 0 Å². The number of amides is 1. The number of nitriles is 1. The largest absolute Gasteiger partial charge is 0.349 e. The van der Waals surface area contributed by atoms with Crippen molar-refractivity contribution in [1.82, 2.24) is 15.3 Å². The molecule has 2 atom stereocenters. The third-order valence-corrected chi connectivity index (χ3v) is 5.52. The van der Waals surface area contributed by atoms with Crippen LogP contribution >= 0.6 is 0 Å².